The SMILES string of the molecule is O=C(O)CC1CCC(c2ccc(-c3cc(OC4CCCC4)n[nH]3)cc2)CC1. The molecule has 0 atom stereocenters. The quantitative estimate of drug-likeness (QED) is 0.740. The van der Waals surface area contributed by atoms with Crippen LogP contribution in [-0.4, -0.2) is 27.4 Å². The molecule has 144 valence electrons. The molecule has 0 bridgehead atoms. The van der Waals surface area contributed by atoms with E-state index in [9.17, 15) is 4.79 Å². The maximum atomic E-state index is 10.9. The van der Waals surface area contributed by atoms with E-state index in [2.05, 4.69) is 34.5 Å². The van der Waals surface area contributed by atoms with Crippen molar-refractivity contribution in [1.29, 1.82) is 0 Å². The molecule has 0 spiro atoms. The van der Waals surface area contributed by atoms with Crippen molar-refractivity contribution in [3.05, 3.63) is 35.9 Å². The number of carbonyl (C=O) groups is 1. The predicted molar refractivity (Wildman–Crippen MR) is 104 cm³/mol. The number of nitrogens with one attached hydrogen (secondary N) is 1. The Hall–Kier alpha value is -2.30. The van der Waals surface area contributed by atoms with Crippen LogP contribution in [0.1, 0.15) is 69.3 Å². The Morgan fingerprint density at radius 1 is 1.07 bits per heavy atom. The van der Waals surface area contributed by atoms with Gasteiger partial charge >= 0.3 is 5.97 Å². The average Bonchev–Trinajstić information content (AvgIpc) is 3.35. The summed E-state index contributed by atoms with van der Waals surface area (Å²) < 4.78 is 5.95. The Labute approximate surface area is 160 Å². The van der Waals surface area contributed by atoms with Crippen LogP contribution >= 0.6 is 0 Å². The summed E-state index contributed by atoms with van der Waals surface area (Å²) in [5.74, 6) is 0.921. The van der Waals surface area contributed by atoms with Crippen LogP contribution in [0.5, 0.6) is 5.88 Å². The second-order valence-corrected chi connectivity index (χ2v) is 8.08. The van der Waals surface area contributed by atoms with E-state index in [1.807, 2.05) is 6.07 Å². The van der Waals surface area contributed by atoms with Gasteiger partial charge < -0.3 is 9.84 Å². The van der Waals surface area contributed by atoms with Crippen molar-refractivity contribution >= 4 is 5.97 Å². The highest BCUT2D eigenvalue weighted by Gasteiger charge is 2.24. The van der Waals surface area contributed by atoms with Crippen LogP contribution in [-0.2, 0) is 4.79 Å². The molecule has 2 N–H and O–H groups in total. The van der Waals surface area contributed by atoms with Crippen molar-refractivity contribution in [1.82, 2.24) is 10.2 Å². The fourth-order valence-electron chi connectivity index (χ4n) is 4.57. The third-order valence-electron chi connectivity index (χ3n) is 6.15. The molecule has 2 saturated carbocycles. The van der Waals surface area contributed by atoms with E-state index in [0.717, 1.165) is 49.8 Å². The molecular formula is C22H28N2O3. The fraction of sp³-hybridized carbons (Fsp3) is 0.545. The highest BCUT2D eigenvalue weighted by molar-refractivity contribution is 5.67. The number of aromatic nitrogens is 2. The maximum absolute atomic E-state index is 10.9. The highest BCUT2D eigenvalue weighted by Crippen LogP contribution is 2.37. The lowest BCUT2D eigenvalue weighted by Gasteiger charge is -2.28. The second kappa shape index (κ2) is 8.15. The number of H-pyrrole nitrogens is 1. The molecule has 1 heterocycles. The van der Waals surface area contributed by atoms with Crippen molar-refractivity contribution < 1.29 is 14.6 Å². The van der Waals surface area contributed by atoms with E-state index >= 15 is 0 Å². The van der Waals surface area contributed by atoms with E-state index < -0.39 is 5.97 Å². The normalized spacial score (nSPS) is 23.4. The smallest absolute Gasteiger partial charge is 0.303 e. The maximum Gasteiger partial charge on any atom is 0.303 e. The molecule has 4 rings (SSSR count). The number of hydrogen-bond acceptors (Lipinski definition) is 3. The first-order chi connectivity index (χ1) is 13.2. The Morgan fingerprint density at radius 3 is 2.44 bits per heavy atom. The van der Waals surface area contributed by atoms with E-state index in [1.54, 1.807) is 0 Å². The molecular weight excluding hydrogens is 340 g/mol. The van der Waals surface area contributed by atoms with Gasteiger partial charge in [0.15, 0.2) is 0 Å². The van der Waals surface area contributed by atoms with Crippen LogP contribution in [0, 0.1) is 5.92 Å². The van der Waals surface area contributed by atoms with Gasteiger partial charge in [-0.3, -0.25) is 9.89 Å². The van der Waals surface area contributed by atoms with Crippen LogP contribution in [0.2, 0.25) is 0 Å². The molecule has 0 radical (unpaired) electrons. The minimum absolute atomic E-state index is 0.316. The highest BCUT2D eigenvalue weighted by atomic mass is 16.5. The minimum atomic E-state index is -0.668. The topological polar surface area (TPSA) is 75.2 Å². The lowest BCUT2D eigenvalue weighted by atomic mass is 9.77. The number of carboxylic acid groups (broad SMARTS) is 1. The summed E-state index contributed by atoms with van der Waals surface area (Å²) in [6.45, 7) is 0. The van der Waals surface area contributed by atoms with Gasteiger partial charge in [-0.1, -0.05) is 24.3 Å². The van der Waals surface area contributed by atoms with Crippen molar-refractivity contribution in [2.24, 2.45) is 5.92 Å². The lowest BCUT2D eigenvalue weighted by Crippen LogP contribution is -2.16. The molecule has 2 aliphatic rings. The van der Waals surface area contributed by atoms with Gasteiger partial charge in [-0.25, -0.2) is 0 Å². The first-order valence-corrected chi connectivity index (χ1v) is 10.2. The second-order valence-electron chi connectivity index (χ2n) is 8.08. The summed E-state index contributed by atoms with van der Waals surface area (Å²) >= 11 is 0. The Balaban J connectivity index is 1.35. The average molecular weight is 368 g/mol. The summed E-state index contributed by atoms with van der Waals surface area (Å²) in [5.41, 5.74) is 3.46. The molecule has 1 aromatic heterocycles. The van der Waals surface area contributed by atoms with Crippen molar-refractivity contribution in [2.45, 2.75) is 69.8 Å². The van der Waals surface area contributed by atoms with Crippen LogP contribution in [0.3, 0.4) is 0 Å². The van der Waals surface area contributed by atoms with Crippen molar-refractivity contribution in [3.63, 3.8) is 0 Å². The summed E-state index contributed by atoms with van der Waals surface area (Å²) in [6.07, 6.45) is 9.60. The number of hydrogen-bond donors (Lipinski definition) is 2. The summed E-state index contributed by atoms with van der Waals surface area (Å²) in [5, 5.41) is 16.3. The first-order valence-electron chi connectivity index (χ1n) is 10.2. The van der Waals surface area contributed by atoms with E-state index in [1.165, 1.54) is 18.4 Å². The lowest BCUT2D eigenvalue weighted by molar-refractivity contribution is -0.138. The van der Waals surface area contributed by atoms with E-state index in [0.29, 0.717) is 30.2 Å². The minimum Gasteiger partial charge on any atom is -0.481 e. The standard InChI is InChI=1S/C22H28N2O3/c25-22(26)13-15-5-7-16(8-6-15)17-9-11-18(12-10-17)20-14-21(24-23-20)27-19-3-1-2-4-19/h9-12,14-16,19H,1-8,13H2,(H,23,24)(H,25,26). The van der Waals surface area contributed by atoms with Crippen LogP contribution in [0.25, 0.3) is 11.3 Å². The van der Waals surface area contributed by atoms with E-state index in [4.69, 9.17) is 9.84 Å². The monoisotopic (exact) mass is 368 g/mol. The molecule has 0 unspecified atom stereocenters. The van der Waals surface area contributed by atoms with Gasteiger partial charge in [-0.15, -0.1) is 5.10 Å². The zero-order valence-electron chi connectivity index (χ0n) is 15.7. The summed E-state index contributed by atoms with van der Waals surface area (Å²) in [6, 6.07) is 10.7. The number of rotatable bonds is 6. The molecule has 2 aromatic rings. The Bertz CT molecular complexity index is 754. The van der Waals surface area contributed by atoms with Crippen LogP contribution in [0.4, 0.5) is 0 Å². The first kappa shape index (κ1) is 18.1. The van der Waals surface area contributed by atoms with Gasteiger partial charge in [-0.2, -0.15) is 0 Å². The Morgan fingerprint density at radius 2 is 1.78 bits per heavy atom. The van der Waals surface area contributed by atoms with Gasteiger partial charge in [-0.05, 0) is 74.3 Å². The molecule has 0 aliphatic heterocycles. The van der Waals surface area contributed by atoms with Crippen LogP contribution < -0.4 is 4.74 Å². The number of carboxylic acids is 1. The molecule has 2 aliphatic carbocycles. The largest absolute Gasteiger partial charge is 0.481 e. The number of nitrogens with zero attached hydrogens (tertiary/aromatic N) is 1. The summed E-state index contributed by atoms with van der Waals surface area (Å²) in [4.78, 5) is 10.9. The Kier molecular flexibility index (Phi) is 5.46. The molecule has 0 amide bonds. The summed E-state index contributed by atoms with van der Waals surface area (Å²) in [7, 11) is 0. The van der Waals surface area contributed by atoms with E-state index in [-0.39, 0.29) is 0 Å². The number of aromatic amines is 1. The molecule has 5 heteroatoms. The molecule has 0 saturated heterocycles. The van der Waals surface area contributed by atoms with Crippen molar-refractivity contribution in [2.75, 3.05) is 0 Å². The third kappa shape index (κ3) is 4.52. The molecule has 5 nitrogen and oxygen atoms in total. The molecule has 27 heavy (non-hydrogen) atoms. The van der Waals surface area contributed by atoms with Gasteiger partial charge in [0.1, 0.15) is 6.10 Å². The van der Waals surface area contributed by atoms with Gasteiger partial charge in [0.05, 0.1) is 5.69 Å². The zero-order valence-corrected chi connectivity index (χ0v) is 15.7. The van der Waals surface area contributed by atoms with Gasteiger partial charge in [0.2, 0.25) is 5.88 Å². The van der Waals surface area contributed by atoms with Gasteiger partial charge in [0.25, 0.3) is 0 Å². The zero-order chi connectivity index (χ0) is 18.6. The molecule has 1 aromatic carbocycles. The van der Waals surface area contributed by atoms with Crippen molar-refractivity contribution in [3.8, 4) is 17.1 Å². The number of aliphatic carboxylic acids is 1. The van der Waals surface area contributed by atoms with Gasteiger partial charge in [0, 0.05) is 12.5 Å². The fourth-order valence-corrected chi connectivity index (χ4v) is 4.57. The third-order valence-corrected chi connectivity index (χ3v) is 6.15. The number of benzene rings is 1. The van der Waals surface area contributed by atoms with Crippen LogP contribution in [0.15, 0.2) is 30.3 Å². The molecule has 2 fully saturated rings. The predicted octanol–water partition coefficient (Wildman–Crippen LogP) is 5.15. The number of ether oxygens (including phenoxy) is 1.